The van der Waals surface area contributed by atoms with Gasteiger partial charge in [0.2, 0.25) is 5.84 Å². The molecule has 0 aromatic rings. The number of carbonyl (C=O) groups excluding carboxylic acids is 2. The molecule has 2 aliphatic rings. The van der Waals surface area contributed by atoms with Gasteiger partial charge in [-0.2, -0.15) is 4.99 Å². The summed E-state index contributed by atoms with van der Waals surface area (Å²) in [5, 5.41) is 0. The van der Waals surface area contributed by atoms with Gasteiger partial charge in [0.05, 0.1) is 19.7 Å². The second-order valence-electron chi connectivity index (χ2n) is 4.63. The monoisotopic (exact) mass is 237 g/mol. The third-order valence-corrected chi connectivity index (χ3v) is 3.61. The summed E-state index contributed by atoms with van der Waals surface area (Å²) < 4.78 is 5.33. The van der Waals surface area contributed by atoms with Crippen LogP contribution in [0.1, 0.15) is 26.7 Å². The number of esters is 1. The largest absolute Gasteiger partial charge is 0.462 e. The maximum Gasteiger partial charge on any atom is 0.349 e. The topological polar surface area (TPSA) is 55.7 Å². The Kier molecular flexibility index (Phi) is 2.87. The third-order valence-electron chi connectivity index (χ3n) is 3.61. The first-order chi connectivity index (χ1) is 7.99. The Balaban J connectivity index is 2.36. The SMILES string of the molecule is CCOC(=O)C1=C[N+]2(C)C(=NC1=O)CCC2C. The predicted octanol–water partition coefficient (Wildman–Crippen LogP) is 1.00. The predicted molar refractivity (Wildman–Crippen MR) is 62.0 cm³/mol. The Labute approximate surface area is 100 Å². The summed E-state index contributed by atoms with van der Waals surface area (Å²) in [5.74, 6) is -0.197. The molecule has 17 heavy (non-hydrogen) atoms. The van der Waals surface area contributed by atoms with Gasteiger partial charge in [0, 0.05) is 12.8 Å². The fraction of sp³-hybridized carbons (Fsp3) is 0.583. The quantitative estimate of drug-likeness (QED) is 0.409. The zero-order valence-corrected chi connectivity index (χ0v) is 10.4. The molecule has 2 aliphatic heterocycles. The number of fused-ring (bicyclic) bond motifs is 1. The van der Waals surface area contributed by atoms with E-state index in [1.54, 1.807) is 13.1 Å². The van der Waals surface area contributed by atoms with Gasteiger partial charge in [-0.15, -0.1) is 0 Å². The van der Waals surface area contributed by atoms with Crippen molar-refractivity contribution in [2.45, 2.75) is 32.7 Å². The molecule has 92 valence electrons. The van der Waals surface area contributed by atoms with Crippen LogP contribution in [-0.2, 0) is 14.3 Å². The van der Waals surface area contributed by atoms with Crippen molar-refractivity contribution in [1.29, 1.82) is 0 Å². The third kappa shape index (κ3) is 1.80. The van der Waals surface area contributed by atoms with Crippen LogP contribution in [0.3, 0.4) is 0 Å². The van der Waals surface area contributed by atoms with Crippen LogP contribution in [0.2, 0.25) is 0 Å². The summed E-state index contributed by atoms with van der Waals surface area (Å²) in [6, 6.07) is 0.339. The van der Waals surface area contributed by atoms with Gasteiger partial charge in [-0.05, 0) is 13.8 Å². The molecule has 1 amide bonds. The summed E-state index contributed by atoms with van der Waals surface area (Å²) >= 11 is 0. The molecule has 2 unspecified atom stereocenters. The number of rotatable bonds is 2. The van der Waals surface area contributed by atoms with Gasteiger partial charge in [0.25, 0.3) is 5.91 Å². The average Bonchev–Trinajstić information content (AvgIpc) is 2.56. The molecule has 2 atom stereocenters. The van der Waals surface area contributed by atoms with E-state index in [1.807, 2.05) is 7.05 Å². The van der Waals surface area contributed by atoms with E-state index in [-0.39, 0.29) is 12.2 Å². The number of nitrogens with zero attached hydrogens (tertiary/aromatic N) is 2. The normalized spacial score (nSPS) is 31.7. The van der Waals surface area contributed by atoms with E-state index in [2.05, 4.69) is 11.9 Å². The Morgan fingerprint density at radius 2 is 2.35 bits per heavy atom. The maximum absolute atomic E-state index is 11.7. The molecule has 0 saturated carbocycles. The molecule has 0 spiro atoms. The molecule has 0 N–H and O–H groups in total. The van der Waals surface area contributed by atoms with Crippen LogP contribution < -0.4 is 0 Å². The number of amidine groups is 1. The molecular formula is C12H17N2O3+. The van der Waals surface area contributed by atoms with Crippen molar-refractivity contribution in [3.8, 4) is 0 Å². The summed E-state index contributed by atoms with van der Waals surface area (Å²) in [7, 11) is 1.97. The maximum atomic E-state index is 11.7. The number of hydrogen-bond donors (Lipinski definition) is 0. The summed E-state index contributed by atoms with van der Waals surface area (Å²) in [6.07, 6.45) is 3.49. The minimum absolute atomic E-state index is 0.0619. The highest BCUT2D eigenvalue weighted by Crippen LogP contribution is 2.32. The van der Waals surface area contributed by atoms with Gasteiger partial charge in [0.15, 0.2) is 5.57 Å². The van der Waals surface area contributed by atoms with Crippen LogP contribution >= 0.6 is 0 Å². The number of quaternary nitrogens is 1. The molecule has 0 bridgehead atoms. The van der Waals surface area contributed by atoms with E-state index in [9.17, 15) is 9.59 Å². The molecule has 1 fully saturated rings. The number of amides is 1. The Morgan fingerprint density at radius 3 is 3.00 bits per heavy atom. The van der Waals surface area contributed by atoms with Gasteiger partial charge >= 0.3 is 5.97 Å². The van der Waals surface area contributed by atoms with Gasteiger partial charge in [-0.25, -0.2) is 4.79 Å². The van der Waals surface area contributed by atoms with Crippen molar-refractivity contribution in [1.82, 2.24) is 0 Å². The molecule has 2 rings (SSSR count). The lowest BCUT2D eigenvalue weighted by Gasteiger charge is -2.31. The first kappa shape index (κ1) is 12.0. The lowest BCUT2D eigenvalue weighted by atomic mass is 10.2. The fourth-order valence-electron chi connectivity index (χ4n) is 2.32. The van der Waals surface area contributed by atoms with Crippen LogP contribution in [0.15, 0.2) is 16.8 Å². The summed E-state index contributed by atoms with van der Waals surface area (Å²) in [5.41, 5.74) is 0.0619. The summed E-state index contributed by atoms with van der Waals surface area (Å²) in [4.78, 5) is 27.4. The van der Waals surface area contributed by atoms with Crippen molar-refractivity contribution in [3.05, 3.63) is 11.8 Å². The summed E-state index contributed by atoms with van der Waals surface area (Å²) in [6.45, 7) is 4.08. The lowest BCUT2D eigenvalue weighted by molar-refractivity contribution is -0.785. The van der Waals surface area contributed by atoms with Gasteiger partial charge in [-0.1, -0.05) is 0 Å². The molecule has 0 aromatic carbocycles. The van der Waals surface area contributed by atoms with Crippen LogP contribution in [0, 0.1) is 0 Å². The van der Waals surface area contributed by atoms with E-state index in [0.717, 1.165) is 18.7 Å². The zero-order chi connectivity index (χ0) is 12.6. The van der Waals surface area contributed by atoms with Gasteiger partial charge in [0.1, 0.15) is 6.20 Å². The standard InChI is InChI=1S/C12H17N2O3/c1-4-17-12(16)9-7-14(3)8(2)5-6-10(14)13-11(9)15/h7-8H,4-6H2,1-3H3/q+1. The Bertz CT molecular complexity index is 439. The molecule has 2 heterocycles. The van der Waals surface area contributed by atoms with Crippen LogP contribution in [-0.4, -0.2) is 41.9 Å². The second-order valence-corrected chi connectivity index (χ2v) is 4.63. The van der Waals surface area contributed by atoms with E-state index >= 15 is 0 Å². The smallest absolute Gasteiger partial charge is 0.349 e. The van der Waals surface area contributed by atoms with E-state index in [1.165, 1.54) is 0 Å². The van der Waals surface area contributed by atoms with Gasteiger partial charge < -0.3 is 4.74 Å². The van der Waals surface area contributed by atoms with E-state index in [4.69, 9.17) is 4.74 Å². The molecule has 5 heteroatoms. The number of carbonyl (C=O) groups is 2. The van der Waals surface area contributed by atoms with Crippen LogP contribution in [0.4, 0.5) is 0 Å². The molecule has 0 radical (unpaired) electrons. The zero-order valence-electron chi connectivity index (χ0n) is 10.4. The Hall–Kier alpha value is -1.49. The molecular weight excluding hydrogens is 220 g/mol. The van der Waals surface area contributed by atoms with Crippen LogP contribution in [0.5, 0.6) is 0 Å². The lowest BCUT2D eigenvalue weighted by Crippen LogP contribution is -2.48. The minimum Gasteiger partial charge on any atom is -0.462 e. The highest BCUT2D eigenvalue weighted by Gasteiger charge is 2.46. The molecule has 0 aromatic heterocycles. The average molecular weight is 237 g/mol. The molecule has 0 aliphatic carbocycles. The van der Waals surface area contributed by atoms with Crippen molar-refractivity contribution in [2.24, 2.45) is 4.99 Å². The minimum atomic E-state index is -0.571. The number of aliphatic imine (C=N–C) groups is 1. The van der Waals surface area contributed by atoms with Crippen LogP contribution in [0.25, 0.3) is 0 Å². The van der Waals surface area contributed by atoms with Gasteiger partial charge in [-0.3, -0.25) is 9.28 Å². The second kappa shape index (κ2) is 4.07. The van der Waals surface area contributed by atoms with E-state index < -0.39 is 11.9 Å². The number of ether oxygens (including phenoxy) is 1. The van der Waals surface area contributed by atoms with Crippen molar-refractivity contribution in [2.75, 3.05) is 13.7 Å². The fourth-order valence-corrected chi connectivity index (χ4v) is 2.32. The van der Waals surface area contributed by atoms with Crippen molar-refractivity contribution >= 4 is 17.7 Å². The Morgan fingerprint density at radius 1 is 1.65 bits per heavy atom. The first-order valence-electron chi connectivity index (χ1n) is 5.87. The first-order valence-corrected chi connectivity index (χ1v) is 5.87. The van der Waals surface area contributed by atoms with Crippen molar-refractivity contribution < 1.29 is 18.8 Å². The highest BCUT2D eigenvalue weighted by atomic mass is 16.5. The molecule has 1 saturated heterocycles. The number of hydrogen-bond acceptors (Lipinski definition) is 3. The molecule has 5 nitrogen and oxygen atoms in total. The van der Waals surface area contributed by atoms with E-state index in [0.29, 0.717) is 10.5 Å². The van der Waals surface area contributed by atoms with Crippen molar-refractivity contribution in [3.63, 3.8) is 0 Å². The highest BCUT2D eigenvalue weighted by molar-refractivity contribution is 6.19.